The van der Waals surface area contributed by atoms with Crippen molar-refractivity contribution in [2.24, 2.45) is 5.73 Å². The molecule has 0 atom stereocenters. The fourth-order valence-electron chi connectivity index (χ4n) is 3.36. The van der Waals surface area contributed by atoms with Gasteiger partial charge in [-0.25, -0.2) is 0 Å². The Morgan fingerprint density at radius 2 is 1.67 bits per heavy atom. The van der Waals surface area contributed by atoms with E-state index in [1.807, 2.05) is 0 Å². The maximum atomic E-state index is 6.21. The van der Waals surface area contributed by atoms with Gasteiger partial charge in [-0.1, -0.05) is 24.3 Å². The third kappa shape index (κ3) is 3.83. The number of methoxy groups -OCH3 is 2. The molecule has 1 aromatic carbocycles. The molecule has 0 aliphatic heterocycles. The van der Waals surface area contributed by atoms with Crippen molar-refractivity contribution in [2.75, 3.05) is 47.1 Å². The molecule has 118 valence electrons. The molecule has 2 rings (SSSR count). The SMILES string of the molecule is COCCCN(CCOC)C1(CN)Cc2ccccc2C1. The monoisotopic (exact) mass is 292 g/mol. The summed E-state index contributed by atoms with van der Waals surface area (Å²) in [4.78, 5) is 2.51. The first kappa shape index (κ1) is 16.4. The lowest BCUT2D eigenvalue weighted by Gasteiger charge is -2.40. The molecule has 21 heavy (non-hydrogen) atoms. The molecule has 1 aromatic rings. The lowest BCUT2D eigenvalue weighted by Crippen LogP contribution is -2.56. The second-order valence-electron chi connectivity index (χ2n) is 5.88. The molecule has 1 aliphatic carbocycles. The molecule has 0 fully saturated rings. The summed E-state index contributed by atoms with van der Waals surface area (Å²) in [5.41, 5.74) is 9.13. The van der Waals surface area contributed by atoms with Crippen LogP contribution >= 0.6 is 0 Å². The van der Waals surface area contributed by atoms with Crippen LogP contribution in [0.4, 0.5) is 0 Å². The average Bonchev–Trinajstić information content (AvgIpc) is 2.90. The van der Waals surface area contributed by atoms with Crippen LogP contribution in [0.25, 0.3) is 0 Å². The smallest absolute Gasteiger partial charge is 0.0589 e. The standard InChI is InChI=1S/C17H28N2O2/c1-20-10-5-8-19(9-11-21-2)17(14-18)12-15-6-3-4-7-16(15)13-17/h3-4,6-7H,5,8-14,18H2,1-2H3. The summed E-state index contributed by atoms with van der Waals surface area (Å²) >= 11 is 0. The summed E-state index contributed by atoms with van der Waals surface area (Å²) in [6.45, 7) is 4.13. The summed E-state index contributed by atoms with van der Waals surface area (Å²) in [5.74, 6) is 0. The van der Waals surface area contributed by atoms with Crippen LogP contribution in [0.2, 0.25) is 0 Å². The molecule has 0 spiro atoms. The molecular weight excluding hydrogens is 264 g/mol. The first-order valence-corrected chi connectivity index (χ1v) is 7.75. The van der Waals surface area contributed by atoms with Crippen molar-refractivity contribution in [3.8, 4) is 0 Å². The summed E-state index contributed by atoms with van der Waals surface area (Å²) in [6, 6.07) is 8.71. The second kappa shape index (κ2) is 7.90. The molecule has 4 heteroatoms. The first-order valence-electron chi connectivity index (χ1n) is 7.75. The molecule has 4 nitrogen and oxygen atoms in total. The van der Waals surface area contributed by atoms with E-state index >= 15 is 0 Å². The largest absolute Gasteiger partial charge is 0.385 e. The van der Waals surface area contributed by atoms with Crippen LogP contribution in [-0.4, -0.2) is 57.5 Å². The zero-order valence-corrected chi connectivity index (χ0v) is 13.3. The van der Waals surface area contributed by atoms with Crippen LogP contribution in [0.15, 0.2) is 24.3 Å². The van der Waals surface area contributed by atoms with Gasteiger partial charge in [0.05, 0.1) is 6.61 Å². The van der Waals surface area contributed by atoms with E-state index in [1.165, 1.54) is 11.1 Å². The number of nitrogens with zero attached hydrogens (tertiary/aromatic N) is 1. The molecule has 0 bridgehead atoms. The Kier molecular flexibility index (Phi) is 6.18. The van der Waals surface area contributed by atoms with E-state index < -0.39 is 0 Å². The highest BCUT2D eigenvalue weighted by molar-refractivity contribution is 5.36. The molecule has 1 aliphatic rings. The van der Waals surface area contributed by atoms with Crippen molar-refractivity contribution in [1.29, 1.82) is 0 Å². The molecule has 0 saturated heterocycles. The zero-order valence-electron chi connectivity index (χ0n) is 13.3. The van der Waals surface area contributed by atoms with Crippen molar-refractivity contribution < 1.29 is 9.47 Å². The Balaban J connectivity index is 2.11. The Hall–Kier alpha value is -0.940. The van der Waals surface area contributed by atoms with Crippen molar-refractivity contribution in [2.45, 2.75) is 24.8 Å². The Morgan fingerprint density at radius 3 is 2.19 bits per heavy atom. The Bertz CT molecular complexity index is 412. The van der Waals surface area contributed by atoms with Gasteiger partial charge in [0.1, 0.15) is 0 Å². The number of benzene rings is 1. The fraction of sp³-hybridized carbons (Fsp3) is 0.647. The van der Waals surface area contributed by atoms with Gasteiger partial charge in [-0.2, -0.15) is 0 Å². The van der Waals surface area contributed by atoms with Gasteiger partial charge in [-0.05, 0) is 30.4 Å². The van der Waals surface area contributed by atoms with Gasteiger partial charge >= 0.3 is 0 Å². The van der Waals surface area contributed by atoms with E-state index in [9.17, 15) is 0 Å². The normalized spacial score (nSPS) is 16.4. The maximum Gasteiger partial charge on any atom is 0.0589 e. The minimum atomic E-state index is 0.0377. The predicted molar refractivity (Wildman–Crippen MR) is 85.6 cm³/mol. The van der Waals surface area contributed by atoms with E-state index in [2.05, 4.69) is 29.2 Å². The minimum Gasteiger partial charge on any atom is -0.385 e. The number of nitrogens with two attached hydrogens (primary N) is 1. The van der Waals surface area contributed by atoms with E-state index in [0.29, 0.717) is 6.54 Å². The lowest BCUT2D eigenvalue weighted by molar-refractivity contribution is 0.0566. The van der Waals surface area contributed by atoms with Crippen molar-refractivity contribution in [1.82, 2.24) is 4.90 Å². The van der Waals surface area contributed by atoms with Crippen LogP contribution in [0, 0.1) is 0 Å². The molecule has 0 saturated carbocycles. The quantitative estimate of drug-likeness (QED) is 0.700. The van der Waals surface area contributed by atoms with Crippen molar-refractivity contribution >= 4 is 0 Å². The van der Waals surface area contributed by atoms with Crippen molar-refractivity contribution in [3.05, 3.63) is 35.4 Å². The van der Waals surface area contributed by atoms with E-state index in [1.54, 1.807) is 14.2 Å². The van der Waals surface area contributed by atoms with Crippen LogP contribution in [-0.2, 0) is 22.3 Å². The van der Waals surface area contributed by atoms with E-state index in [0.717, 1.165) is 45.6 Å². The maximum absolute atomic E-state index is 6.21. The highest BCUT2D eigenvalue weighted by atomic mass is 16.5. The molecule has 0 aromatic heterocycles. The highest BCUT2D eigenvalue weighted by Crippen LogP contribution is 2.34. The van der Waals surface area contributed by atoms with Crippen LogP contribution in [0.3, 0.4) is 0 Å². The van der Waals surface area contributed by atoms with Crippen LogP contribution < -0.4 is 5.73 Å². The third-order valence-corrected chi connectivity index (χ3v) is 4.55. The van der Waals surface area contributed by atoms with Gasteiger partial charge in [-0.15, -0.1) is 0 Å². The van der Waals surface area contributed by atoms with Gasteiger partial charge in [0.2, 0.25) is 0 Å². The third-order valence-electron chi connectivity index (χ3n) is 4.55. The molecule has 0 amide bonds. The molecular formula is C17H28N2O2. The van der Waals surface area contributed by atoms with E-state index in [-0.39, 0.29) is 5.54 Å². The summed E-state index contributed by atoms with van der Waals surface area (Å²) in [5, 5.41) is 0. The predicted octanol–water partition coefficient (Wildman–Crippen LogP) is 1.47. The Labute approximate surface area is 128 Å². The summed E-state index contributed by atoms with van der Waals surface area (Å²) < 4.78 is 10.5. The van der Waals surface area contributed by atoms with Gasteiger partial charge < -0.3 is 15.2 Å². The van der Waals surface area contributed by atoms with Crippen LogP contribution in [0.1, 0.15) is 17.5 Å². The number of ether oxygens (including phenoxy) is 2. The molecule has 2 N–H and O–H groups in total. The topological polar surface area (TPSA) is 47.7 Å². The van der Waals surface area contributed by atoms with Crippen LogP contribution in [0.5, 0.6) is 0 Å². The van der Waals surface area contributed by atoms with E-state index in [4.69, 9.17) is 15.2 Å². The van der Waals surface area contributed by atoms with Gasteiger partial charge in [0, 0.05) is 46.0 Å². The summed E-state index contributed by atoms with van der Waals surface area (Å²) in [6.07, 6.45) is 3.10. The average molecular weight is 292 g/mol. The second-order valence-corrected chi connectivity index (χ2v) is 5.88. The highest BCUT2D eigenvalue weighted by Gasteiger charge is 2.40. The minimum absolute atomic E-state index is 0.0377. The number of hydrogen-bond acceptors (Lipinski definition) is 4. The van der Waals surface area contributed by atoms with Gasteiger partial charge in [0.15, 0.2) is 0 Å². The Morgan fingerprint density at radius 1 is 1.05 bits per heavy atom. The zero-order chi connectivity index (χ0) is 15.1. The lowest BCUT2D eigenvalue weighted by atomic mass is 9.93. The number of fused-ring (bicyclic) bond motifs is 1. The molecule has 0 heterocycles. The molecule has 0 radical (unpaired) electrons. The van der Waals surface area contributed by atoms with Gasteiger partial charge in [-0.3, -0.25) is 4.90 Å². The van der Waals surface area contributed by atoms with Gasteiger partial charge in [0.25, 0.3) is 0 Å². The number of hydrogen-bond donors (Lipinski definition) is 1. The van der Waals surface area contributed by atoms with Crippen molar-refractivity contribution in [3.63, 3.8) is 0 Å². The number of rotatable bonds is 9. The molecule has 0 unspecified atom stereocenters. The summed E-state index contributed by atoms with van der Waals surface area (Å²) in [7, 11) is 3.51. The first-order chi connectivity index (χ1) is 10.3. The fourth-order valence-corrected chi connectivity index (χ4v) is 3.36.